The Labute approximate surface area is 173 Å². The molecule has 3 rings (SSSR count). The highest BCUT2D eigenvalue weighted by Gasteiger charge is 2.44. The molecule has 0 atom stereocenters. The summed E-state index contributed by atoms with van der Waals surface area (Å²) in [6.45, 7) is 1.09. The molecule has 0 saturated heterocycles. The monoisotopic (exact) mass is 416 g/mol. The lowest BCUT2D eigenvalue weighted by Crippen LogP contribution is -2.36. The number of esters is 1. The second-order valence-electron chi connectivity index (χ2n) is 7.13. The second kappa shape index (κ2) is 8.61. The quantitative estimate of drug-likeness (QED) is 0.423. The number of nitro groups is 1. The first-order valence-corrected chi connectivity index (χ1v) is 9.68. The molecule has 0 radical (unpaired) electrons. The molecular formula is C21H21ClN2O5. The van der Waals surface area contributed by atoms with E-state index in [4.69, 9.17) is 16.3 Å². The van der Waals surface area contributed by atoms with E-state index in [0.717, 1.165) is 18.4 Å². The second-order valence-corrected chi connectivity index (χ2v) is 7.56. The first-order valence-electron chi connectivity index (χ1n) is 9.30. The van der Waals surface area contributed by atoms with Gasteiger partial charge in [-0.25, -0.2) is 0 Å². The van der Waals surface area contributed by atoms with Crippen molar-refractivity contribution in [2.45, 2.75) is 38.0 Å². The van der Waals surface area contributed by atoms with Crippen LogP contribution in [0.5, 0.6) is 0 Å². The van der Waals surface area contributed by atoms with Crippen LogP contribution in [0.3, 0.4) is 0 Å². The summed E-state index contributed by atoms with van der Waals surface area (Å²) in [6.07, 6.45) is 3.10. The predicted molar refractivity (Wildman–Crippen MR) is 109 cm³/mol. The topological polar surface area (TPSA) is 98.5 Å². The Bertz CT molecular complexity index is 937. The van der Waals surface area contributed by atoms with Crippen molar-refractivity contribution in [2.75, 3.05) is 11.9 Å². The van der Waals surface area contributed by atoms with Gasteiger partial charge in [-0.15, -0.1) is 0 Å². The molecule has 0 bridgehead atoms. The third kappa shape index (κ3) is 4.40. The van der Waals surface area contributed by atoms with Gasteiger partial charge < -0.3 is 10.1 Å². The largest absolute Gasteiger partial charge is 0.455 e. The minimum absolute atomic E-state index is 0.0903. The van der Waals surface area contributed by atoms with Crippen LogP contribution in [0.1, 0.15) is 36.8 Å². The Morgan fingerprint density at radius 2 is 1.83 bits per heavy atom. The lowest BCUT2D eigenvalue weighted by Gasteiger charge is -2.27. The highest BCUT2D eigenvalue weighted by Crippen LogP contribution is 2.42. The van der Waals surface area contributed by atoms with Crippen LogP contribution in [-0.4, -0.2) is 23.4 Å². The van der Waals surface area contributed by atoms with Crippen molar-refractivity contribution in [3.63, 3.8) is 0 Å². The van der Waals surface area contributed by atoms with Crippen molar-refractivity contribution in [3.8, 4) is 0 Å². The number of hydrogen-bond donors (Lipinski definition) is 1. The summed E-state index contributed by atoms with van der Waals surface area (Å²) in [6, 6.07) is 11.5. The minimum Gasteiger partial charge on any atom is -0.455 e. The molecule has 2 aromatic carbocycles. The fourth-order valence-electron chi connectivity index (χ4n) is 3.77. The summed E-state index contributed by atoms with van der Waals surface area (Å²) < 4.78 is 5.35. The zero-order valence-electron chi connectivity index (χ0n) is 15.9. The van der Waals surface area contributed by atoms with E-state index in [1.165, 1.54) is 12.1 Å². The third-order valence-electron chi connectivity index (χ3n) is 5.35. The van der Waals surface area contributed by atoms with Gasteiger partial charge in [0.2, 0.25) is 0 Å². The Morgan fingerprint density at radius 1 is 1.17 bits per heavy atom. The van der Waals surface area contributed by atoms with E-state index in [2.05, 4.69) is 5.32 Å². The summed E-state index contributed by atoms with van der Waals surface area (Å²) in [4.78, 5) is 35.7. The zero-order valence-corrected chi connectivity index (χ0v) is 16.7. The van der Waals surface area contributed by atoms with Gasteiger partial charge in [0.15, 0.2) is 6.61 Å². The molecule has 0 heterocycles. The van der Waals surface area contributed by atoms with Crippen LogP contribution in [0.4, 0.5) is 11.4 Å². The molecule has 0 unspecified atom stereocenters. The number of anilines is 1. The molecule has 1 fully saturated rings. The van der Waals surface area contributed by atoms with Gasteiger partial charge in [-0.2, -0.15) is 0 Å². The number of nitrogens with zero attached hydrogens (tertiary/aromatic N) is 1. The number of carbonyl (C=O) groups excluding carboxylic acids is 2. The van der Waals surface area contributed by atoms with E-state index in [0.29, 0.717) is 29.1 Å². The lowest BCUT2D eigenvalue weighted by molar-refractivity contribution is -0.385. The summed E-state index contributed by atoms with van der Waals surface area (Å²) in [5, 5.41) is 14.2. The minimum atomic E-state index is -0.772. The van der Waals surface area contributed by atoms with Gasteiger partial charge in [0.05, 0.1) is 21.6 Å². The maximum Gasteiger partial charge on any atom is 0.317 e. The molecule has 8 heteroatoms. The summed E-state index contributed by atoms with van der Waals surface area (Å²) in [5.74, 6) is -0.991. The van der Waals surface area contributed by atoms with Crippen LogP contribution in [0.2, 0.25) is 5.02 Å². The molecule has 1 saturated carbocycles. The van der Waals surface area contributed by atoms with Crippen molar-refractivity contribution in [2.24, 2.45) is 0 Å². The molecule has 2 aromatic rings. The molecule has 1 amide bonds. The molecule has 29 heavy (non-hydrogen) atoms. The number of amides is 1. The number of carbonyl (C=O) groups is 2. The first-order chi connectivity index (χ1) is 13.8. The van der Waals surface area contributed by atoms with Crippen LogP contribution in [0.15, 0.2) is 42.5 Å². The van der Waals surface area contributed by atoms with Crippen LogP contribution >= 0.6 is 11.6 Å². The number of halogens is 1. The Balaban J connectivity index is 1.68. The first kappa shape index (κ1) is 20.8. The smallest absolute Gasteiger partial charge is 0.317 e. The molecule has 1 N–H and O–H groups in total. The molecule has 7 nitrogen and oxygen atoms in total. The molecular weight excluding hydrogens is 396 g/mol. The Morgan fingerprint density at radius 3 is 2.45 bits per heavy atom. The molecule has 0 spiro atoms. The summed E-state index contributed by atoms with van der Waals surface area (Å²) in [5.41, 5.74) is 0.623. The number of rotatable bonds is 6. The third-order valence-corrected chi connectivity index (χ3v) is 5.61. The number of nitro benzene ring substituents is 1. The number of hydrogen-bond acceptors (Lipinski definition) is 5. The highest BCUT2D eigenvalue weighted by atomic mass is 35.5. The summed E-state index contributed by atoms with van der Waals surface area (Å²) >= 11 is 5.96. The van der Waals surface area contributed by atoms with Crippen LogP contribution in [0, 0.1) is 17.0 Å². The standard InChI is InChI=1S/C21H21ClN2O5/c1-14-17(5-4-6-18(14)24(27)28)23-19(25)13-29-20(26)21(11-2-3-12-21)15-7-9-16(22)10-8-15/h4-10H,2-3,11-13H2,1H3,(H,23,25). The van der Waals surface area contributed by atoms with Crippen molar-refractivity contribution in [1.82, 2.24) is 0 Å². The van der Waals surface area contributed by atoms with Gasteiger partial charge >= 0.3 is 5.97 Å². The molecule has 152 valence electrons. The van der Waals surface area contributed by atoms with Crippen LogP contribution < -0.4 is 5.32 Å². The number of ether oxygens (including phenoxy) is 1. The van der Waals surface area contributed by atoms with Crippen molar-refractivity contribution in [3.05, 3.63) is 68.7 Å². The molecule has 0 aromatic heterocycles. The average Bonchev–Trinajstić information content (AvgIpc) is 3.19. The van der Waals surface area contributed by atoms with Gasteiger partial charge in [-0.3, -0.25) is 19.7 Å². The molecule has 1 aliphatic rings. The van der Waals surface area contributed by atoms with Crippen molar-refractivity contribution in [1.29, 1.82) is 0 Å². The van der Waals surface area contributed by atoms with Crippen LogP contribution in [-0.2, 0) is 19.7 Å². The predicted octanol–water partition coefficient (Wildman–Crippen LogP) is 4.55. The van der Waals surface area contributed by atoms with E-state index in [9.17, 15) is 19.7 Å². The zero-order chi connectivity index (χ0) is 21.0. The Kier molecular flexibility index (Phi) is 6.17. The highest BCUT2D eigenvalue weighted by molar-refractivity contribution is 6.30. The van der Waals surface area contributed by atoms with E-state index < -0.39 is 28.8 Å². The normalized spacial score (nSPS) is 15.0. The van der Waals surface area contributed by atoms with E-state index in [1.54, 1.807) is 25.1 Å². The van der Waals surface area contributed by atoms with Gasteiger partial charge in [0.25, 0.3) is 11.6 Å². The lowest BCUT2D eigenvalue weighted by atomic mass is 9.79. The van der Waals surface area contributed by atoms with E-state index in [-0.39, 0.29) is 5.69 Å². The maximum absolute atomic E-state index is 12.9. The number of benzene rings is 2. The fraction of sp³-hybridized carbons (Fsp3) is 0.333. The van der Waals surface area contributed by atoms with Gasteiger partial charge in [-0.05, 0) is 43.5 Å². The van der Waals surface area contributed by atoms with Gasteiger partial charge in [-0.1, -0.05) is 42.6 Å². The van der Waals surface area contributed by atoms with Gasteiger partial charge in [0.1, 0.15) is 0 Å². The van der Waals surface area contributed by atoms with Gasteiger partial charge in [0, 0.05) is 11.1 Å². The SMILES string of the molecule is Cc1c(NC(=O)COC(=O)C2(c3ccc(Cl)cc3)CCCC2)cccc1[N+](=O)[O-]. The maximum atomic E-state index is 12.9. The van der Waals surface area contributed by atoms with E-state index in [1.807, 2.05) is 12.1 Å². The van der Waals surface area contributed by atoms with Crippen LogP contribution in [0.25, 0.3) is 0 Å². The average molecular weight is 417 g/mol. The summed E-state index contributed by atoms with van der Waals surface area (Å²) in [7, 11) is 0. The van der Waals surface area contributed by atoms with E-state index >= 15 is 0 Å². The number of nitrogens with one attached hydrogen (secondary N) is 1. The molecule has 1 aliphatic carbocycles. The molecule has 0 aliphatic heterocycles. The fourth-order valence-corrected chi connectivity index (χ4v) is 3.90. The Hall–Kier alpha value is -2.93. The van der Waals surface area contributed by atoms with Crippen molar-refractivity contribution < 1.29 is 19.2 Å². The van der Waals surface area contributed by atoms with Crippen molar-refractivity contribution >= 4 is 34.9 Å².